The fourth-order valence-corrected chi connectivity index (χ4v) is 5.85. The molecule has 1 aromatic heterocycles. The average molecular weight is 417 g/mol. The number of benzene rings is 1. The van der Waals surface area contributed by atoms with Crippen LogP contribution in [0.1, 0.15) is 43.9 Å². The van der Waals surface area contributed by atoms with Crippen LogP contribution in [0.3, 0.4) is 0 Å². The number of nitrogens with one attached hydrogen (secondary N) is 1. The number of H-pyrrole nitrogens is 1. The molecular weight excluding hydrogens is 380 g/mol. The van der Waals surface area contributed by atoms with Crippen molar-refractivity contribution in [2.75, 3.05) is 47.6 Å². The van der Waals surface area contributed by atoms with Gasteiger partial charge in [0.15, 0.2) is 11.5 Å². The van der Waals surface area contributed by atoms with E-state index in [9.17, 15) is 5.11 Å². The predicted octanol–water partition coefficient (Wildman–Crippen LogP) is 3.50. The molecule has 4 unspecified atom stereocenters. The number of piperidine rings is 1. The summed E-state index contributed by atoms with van der Waals surface area (Å²) in [5, 5.41) is 12.0. The van der Waals surface area contributed by atoms with Crippen molar-refractivity contribution < 1.29 is 19.3 Å². The lowest BCUT2D eigenvalue weighted by Gasteiger charge is -2.49. The Hall–Kier alpha value is -1.76. The minimum Gasteiger partial charge on any atom is -0.493 e. The van der Waals surface area contributed by atoms with Crippen LogP contribution in [-0.2, 0) is 16.6 Å². The minimum atomic E-state index is -0.268. The number of ether oxygens (including phenoxy) is 3. The molecule has 0 radical (unpaired) electrons. The Bertz CT molecular complexity index is 880. The molecule has 1 saturated heterocycles. The molecule has 0 amide bonds. The van der Waals surface area contributed by atoms with Gasteiger partial charge < -0.3 is 24.3 Å². The number of aromatic amines is 1. The van der Waals surface area contributed by atoms with E-state index in [-0.39, 0.29) is 12.0 Å². The molecular formula is C24H36N2O4. The number of hydrogen-bond donors (Lipinski definition) is 2. The Kier molecular flexibility index (Phi) is 6.28. The molecule has 6 heteroatoms. The molecule has 1 aromatic carbocycles. The van der Waals surface area contributed by atoms with Crippen molar-refractivity contribution >= 4 is 10.9 Å². The zero-order valence-electron chi connectivity index (χ0n) is 18.8. The lowest BCUT2D eigenvalue weighted by molar-refractivity contribution is 0.00834. The lowest BCUT2D eigenvalue weighted by Crippen LogP contribution is -2.57. The van der Waals surface area contributed by atoms with Gasteiger partial charge in [-0.05, 0) is 50.2 Å². The third-order valence-electron chi connectivity index (χ3n) is 7.54. The van der Waals surface area contributed by atoms with Crippen molar-refractivity contribution in [3.63, 3.8) is 0 Å². The second-order valence-electron chi connectivity index (χ2n) is 9.03. The van der Waals surface area contributed by atoms with E-state index < -0.39 is 0 Å². The summed E-state index contributed by atoms with van der Waals surface area (Å²) in [7, 11) is 5.12. The number of aliphatic hydroxyl groups excluding tert-OH is 1. The van der Waals surface area contributed by atoms with Crippen molar-refractivity contribution in [1.29, 1.82) is 0 Å². The van der Waals surface area contributed by atoms with Crippen molar-refractivity contribution in [3.8, 4) is 11.5 Å². The number of unbranched alkanes of at least 4 members (excludes halogenated alkanes) is 1. The van der Waals surface area contributed by atoms with Crippen molar-refractivity contribution in [3.05, 3.63) is 23.4 Å². The highest BCUT2D eigenvalue weighted by molar-refractivity contribution is 5.88. The number of aromatic nitrogens is 1. The van der Waals surface area contributed by atoms with Crippen LogP contribution in [0.15, 0.2) is 12.1 Å². The van der Waals surface area contributed by atoms with Gasteiger partial charge in [-0.1, -0.05) is 6.42 Å². The molecule has 3 heterocycles. The van der Waals surface area contributed by atoms with E-state index in [2.05, 4.69) is 22.9 Å². The predicted molar refractivity (Wildman–Crippen MR) is 119 cm³/mol. The van der Waals surface area contributed by atoms with E-state index in [0.717, 1.165) is 56.0 Å². The molecule has 1 fully saturated rings. The Balaban J connectivity index is 1.75. The molecule has 2 bridgehead atoms. The standard InChI is InChI=1S/C24H36N2O4/c1-16-24(15-27)13-17(7-5-6-10-28-2)14-26(16)9-8-18-19-11-21(29-3)22(30-4)12-20(19)25-23(18)24/h11-12,16-17,25,27H,5-10,13-15H2,1-4H3. The average Bonchev–Trinajstić information content (AvgIpc) is 3.11. The number of nitrogens with zero attached hydrogens (tertiary/aromatic N) is 1. The SMILES string of the molecule is COCCCCC1CN2CCc3c([nH]c4cc(OC)c(OC)cc34)C(CO)(C1)C2C. The normalized spacial score (nSPS) is 28.2. The van der Waals surface area contributed by atoms with Gasteiger partial charge in [-0.2, -0.15) is 0 Å². The van der Waals surface area contributed by atoms with Gasteiger partial charge in [-0.3, -0.25) is 4.90 Å². The topological polar surface area (TPSA) is 67.0 Å². The summed E-state index contributed by atoms with van der Waals surface area (Å²) in [6.07, 6.45) is 5.46. The summed E-state index contributed by atoms with van der Waals surface area (Å²) in [5.74, 6) is 2.07. The first-order valence-corrected chi connectivity index (χ1v) is 11.2. The highest BCUT2D eigenvalue weighted by atomic mass is 16.5. The molecule has 166 valence electrons. The monoisotopic (exact) mass is 416 g/mol. The maximum Gasteiger partial charge on any atom is 0.162 e. The van der Waals surface area contributed by atoms with Gasteiger partial charge >= 0.3 is 0 Å². The second-order valence-corrected chi connectivity index (χ2v) is 9.03. The minimum absolute atomic E-state index is 0.160. The van der Waals surface area contributed by atoms with E-state index in [1.54, 1.807) is 21.3 Å². The maximum atomic E-state index is 10.8. The summed E-state index contributed by atoms with van der Waals surface area (Å²) in [4.78, 5) is 6.31. The van der Waals surface area contributed by atoms with Gasteiger partial charge in [0.05, 0.1) is 20.8 Å². The molecule has 2 aromatic rings. The zero-order valence-corrected chi connectivity index (χ0v) is 18.8. The molecule has 2 N–H and O–H groups in total. The third kappa shape index (κ3) is 3.49. The number of hydrogen-bond acceptors (Lipinski definition) is 5. The Morgan fingerprint density at radius 2 is 1.93 bits per heavy atom. The zero-order chi connectivity index (χ0) is 21.3. The van der Waals surface area contributed by atoms with Gasteiger partial charge in [-0.25, -0.2) is 0 Å². The molecule has 4 atom stereocenters. The van der Waals surface area contributed by atoms with Crippen LogP contribution in [0.5, 0.6) is 11.5 Å². The largest absolute Gasteiger partial charge is 0.493 e. The summed E-state index contributed by atoms with van der Waals surface area (Å²) in [5.41, 5.74) is 3.34. The maximum absolute atomic E-state index is 10.8. The van der Waals surface area contributed by atoms with E-state index in [1.165, 1.54) is 29.5 Å². The van der Waals surface area contributed by atoms with Crippen LogP contribution < -0.4 is 9.47 Å². The molecule has 2 aliphatic heterocycles. The van der Waals surface area contributed by atoms with Crippen molar-refractivity contribution in [1.82, 2.24) is 9.88 Å². The van der Waals surface area contributed by atoms with Gasteiger partial charge in [0.1, 0.15) is 0 Å². The lowest BCUT2D eigenvalue weighted by atomic mass is 9.67. The number of fused-ring (bicyclic) bond motifs is 6. The van der Waals surface area contributed by atoms with Crippen molar-refractivity contribution in [2.24, 2.45) is 5.92 Å². The second kappa shape index (κ2) is 8.77. The highest BCUT2D eigenvalue weighted by Crippen LogP contribution is 2.48. The van der Waals surface area contributed by atoms with Gasteiger partial charge in [0.2, 0.25) is 0 Å². The fourth-order valence-electron chi connectivity index (χ4n) is 5.85. The van der Waals surface area contributed by atoms with Gasteiger partial charge in [-0.15, -0.1) is 0 Å². The Morgan fingerprint density at radius 3 is 2.63 bits per heavy atom. The van der Waals surface area contributed by atoms with Crippen LogP contribution >= 0.6 is 0 Å². The van der Waals surface area contributed by atoms with E-state index in [0.29, 0.717) is 12.0 Å². The molecule has 6 nitrogen and oxygen atoms in total. The smallest absolute Gasteiger partial charge is 0.162 e. The van der Waals surface area contributed by atoms with Crippen LogP contribution in [0.4, 0.5) is 0 Å². The first-order valence-electron chi connectivity index (χ1n) is 11.2. The van der Waals surface area contributed by atoms with Crippen LogP contribution in [0, 0.1) is 5.92 Å². The number of rotatable bonds is 8. The molecule has 0 spiro atoms. The van der Waals surface area contributed by atoms with Crippen LogP contribution in [-0.4, -0.2) is 68.7 Å². The van der Waals surface area contributed by atoms with Gasteiger partial charge in [0, 0.05) is 60.9 Å². The molecule has 0 saturated carbocycles. The molecule has 0 aliphatic carbocycles. The van der Waals surface area contributed by atoms with E-state index in [1.807, 2.05) is 6.07 Å². The first-order chi connectivity index (χ1) is 14.6. The summed E-state index contributed by atoms with van der Waals surface area (Å²) in [6.45, 7) is 5.42. The Morgan fingerprint density at radius 1 is 1.17 bits per heavy atom. The fraction of sp³-hybridized carbons (Fsp3) is 0.667. The summed E-state index contributed by atoms with van der Waals surface area (Å²) in [6, 6.07) is 4.42. The highest BCUT2D eigenvalue weighted by Gasteiger charge is 2.49. The first kappa shape index (κ1) is 21.5. The molecule has 4 rings (SSSR count). The number of aliphatic hydroxyl groups is 1. The van der Waals surface area contributed by atoms with Crippen LogP contribution in [0.2, 0.25) is 0 Å². The molecule has 30 heavy (non-hydrogen) atoms. The third-order valence-corrected chi connectivity index (χ3v) is 7.54. The van der Waals surface area contributed by atoms with Crippen molar-refractivity contribution in [2.45, 2.75) is 50.5 Å². The Labute approximate surface area is 179 Å². The molecule has 2 aliphatic rings. The van der Waals surface area contributed by atoms with E-state index >= 15 is 0 Å². The summed E-state index contributed by atoms with van der Waals surface area (Å²) >= 11 is 0. The van der Waals surface area contributed by atoms with Gasteiger partial charge in [0.25, 0.3) is 0 Å². The summed E-state index contributed by atoms with van der Waals surface area (Å²) < 4.78 is 16.3. The number of methoxy groups -OCH3 is 3. The van der Waals surface area contributed by atoms with Crippen LogP contribution in [0.25, 0.3) is 10.9 Å². The van der Waals surface area contributed by atoms with E-state index in [4.69, 9.17) is 14.2 Å². The quantitative estimate of drug-likeness (QED) is 0.645.